The molecule has 0 fully saturated rings. The molecule has 0 bridgehead atoms. The highest BCUT2D eigenvalue weighted by atomic mass is 35.5. The monoisotopic (exact) mass is 466 g/mol. The fourth-order valence-electron chi connectivity index (χ4n) is 2.14. The van der Waals surface area contributed by atoms with Crippen molar-refractivity contribution < 1.29 is 14.5 Å². The number of rotatable bonds is 8. The number of carbonyl (C=O) groups is 1. The summed E-state index contributed by atoms with van der Waals surface area (Å²) in [4.78, 5) is 27.0. The number of H-pyrrole nitrogens is 1. The molecule has 1 aromatic heterocycles. The number of nitro groups is 1. The fourth-order valence-corrected chi connectivity index (χ4v) is 3.38. The Morgan fingerprint density at radius 3 is 2.87 bits per heavy atom. The smallest absolute Gasteiger partial charge is 0.283 e. The number of nitrogens with zero attached hydrogens (tertiary/aromatic N) is 4. The van der Waals surface area contributed by atoms with E-state index in [0.29, 0.717) is 26.4 Å². The molecule has 13 heteroatoms. The number of hydrogen-bond acceptors (Lipinski definition) is 8. The van der Waals surface area contributed by atoms with Gasteiger partial charge in [-0.05, 0) is 36.0 Å². The van der Waals surface area contributed by atoms with Crippen LogP contribution >= 0.6 is 35.0 Å². The van der Waals surface area contributed by atoms with Gasteiger partial charge >= 0.3 is 0 Å². The van der Waals surface area contributed by atoms with Gasteiger partial charge in [-0.1, -0.05) is 29.3 Å². The second-order valence-corrected chi connectivity index (χ2v) is 7.41. The molecule has 1 amide bonds. The number of halogens is 2. The Hall–Kier alpha value is -3.15. The molecule has 154 valence electrons. The van der Waals surface area contributed by atoms with E-state index < -0.39 is 10.8 Å². The van der Waals surface area contributed by atoms with E-state index in [1.165, 1.54) is 24.7 Å². The van der Waals surface area contributed by atoms with Gasteiger partial charge in [-0.15, -0.1) is 0 Å². The first-order valence-corrected chi connectivity index (χ1v) is 9.71. The van der Waals surface area contributed by atoms with Crippen molar-refractivity contribution in [1.29, 1.82) is 0 Å². The summed E-state index contributed by atoms with van der Waals surface area (Å²) < 4.78 is 5.29. The molecule has 0 unspecified atom stereocenters. The van der Waals surface area contributed by atoms with Crippen molar-refractivity contribution >= 4 is 52.8 Å². The van der Waals surface area contributed by atoms with E-state index in [-0.39, 0.29) is 17.3 Å². The van der Waals surface area contributed by atoms with Crippen LogP contribution in [-0.4, -0.2) is 38.8 Å². The summed E-state index contributed by atoms with van der Waals surface area (Å²) in [6.45, 7) is -0.328. The molecular weight excluding hydrogens is 455 g/mol. The minimum Gasteiger partial charge on any atom is -0.482 e. The number of ether oxygens (including phenoxy) is 1. The van der Waals surface area contributed by atoms with Crippen LogP contribution in [0.25, 0.3) is 0 Å². The van der Waals surface area contributed by atoms with Gasteiger partial charge < -0.3 is 4.74 Å². The van der Waals surface area contributed by atoms with Crippen molar-refractivity contribution in [2.24, 2.45) is 5.10 Å². The van der Waals surface area contributed by atoms with Crippen LogP contribution in [0.4, 0.5) is 5.69 Å². The minimum absolute atomic E-state index is 0.132. The van der Waals surface area contributed by atoms with Crippen LogP contribution < -0.4 is 10.2 Å². The van der Waals surface area contributed by atoms with Gasteiger partial charge in [0, 0.05) is 16.7 Å². The van der Waals surface area contributed by atoms with Gasteiger partial charge in [0.1, 0.15) is 12.1 Å². The molecule has 0 atom stereocenters. The van der Waals surface area contributed by atoms with Crippen LogP contribution in [0.5, 0.6) is 5.75 Å². The zero-order valence-corrected chi connectivity index (χ0v) is 17.2. The summed E-state index contributed by atoms with van der Waals surface area (Å²) >= 11 is 12.8. The first-order valence-electron chi connectivity index (χ1n) is 8.14. The van der Waals surface area contributed by atoms with E-state index in [0.717, 1.165) is 11.8 Å². The number of nitrogens with one attached hydrogen (secondary N) is 2. The maximum atomic E-state index is 11.8. The Balaban J connectivity index is 1.59. The summed E-state index contributed by atoms with van der Waals surface area (Å²) in [5.74, 6) is -0.236. The number of hydrazone groups is 1. The number of amides is 1. The van der Waals surface area contributed by atoms with Gasteiger partial charge in [0.05, 0.1) is 21.1 Å². The van der Waals surface area contributed by atoms with E-state index >= 15 is 0 Å². The number of nitro benzene ring substituents is 1. The zero-order chi connectivity index (χ0) is 21.5. The molecule has 1 heterocycles. The molecule has 0 aliphatic heterocycles. The largest absolute Gasteiger partial charge is 0.482 e. The van der Waals surface area contributed by atoms with Crippen molar-refractivity contribution in [2.45, 2.75) is 10.1 Å². The standard InChI is InChI=1S/C17H12Cl2N6O4S/c18-11-2-3-14(12(19)6-11)29-8-16(26)23-21-7-10-1-4-15(13(5-10)25(27)28)30-17-20-9-22-24-17/h1-7,9H,8H2,(H,23,26)(H,20,22,24)/b21-7-. The van der Waals surface area contributed by atoms with Gasteiger partial charge in [0.25, 0.3) is 11.6 Å². The lowest BCUT2D eigenvalue weighted by Crippen LogP contribution is -2.24. The number of carbonyl (C=O) groups excluding carboxylic acids is 1. The fraction of sp³-hybridized carbons (Fsp3) is 0.0588. The third kappa shape index (κ3) is 5.92. The average molecular weight is 467 g/mol. The SMILES string of the molecule is O=C(COc1ccc(Cl)cc1Cl)N/N=C\c1ccc(Sc2ncn[nH]2)c([N+](=O)[O-])c1. The van der Waals surface area contributed by atoms with Gasteiger partial charge in [0.15, 0.2) is 11.8 Å². The highest BCUT2D eigenvalue weighted by molar-refractivity contribution is 7.99. The molecule has 2 N–H and O–H groups in total. The quantitative estimate of drug-likeness (QED) is 0.293. The number of hydrogen-bond donors (Lipinski definition) is 2. The molecule has 30 heavy (non-hydrogen) atoms. The highest BCUT2D eigenvalue weighted by Gasteiger charge is 2.16. The molecule has 0 aliphatic rings. The topological polar surface area (TPSA) is 135 Å². The summed E-state index contributed by atoms with van der Waals surface area (Å²) in [5.41, 5.74) is 2.56. The van der Waals surface area contributed by atoms with Crippen molar-refractivity contribution in [2.75, 3.05) is 6.61 Å². The summed E-state index contributed by atoms with van der Waals surface area (Å²) in [5, 5.41) is 22.6. The lowest BCUT2D eigenvalue weighted by atomic mass is 10.2. The predicted octanol–water partition coefficient (Wildman–Crippen LogP) is 3.70. The minimum atomic E-state index is -0.538. The molecule has 0 saturated carbocycles. The van der Waals surface area contributed by atoms with E-state index in [1.807, 2.05) is 0 Å². The van der Waals surface area contributed by atoms with E-state index in [1.54, 1.807) is 24.3 Å². The van der Waals surface area contributed by atoms with Gasteiger partial charge in [-0.2, -0.15) is 10.2 Å². The maximum absolute atomic E-state index is 11.8. The summed E-state index contributed by atoms with van der Waals surface area (Å²) in [7, 11) is 0. The number of aromatic nitrogens is 3. The lowest BCUT2D eigenvalue weighted by molar-refractivity contribution is -0.387. The van der Waals surface area contributed by atoms with Crippen molar-refractivity contribution in [3.8, 4) is 5.75 Å². The first kappa shape index (κ1) is 21.6. The summed E-state index contributed by atoms with van der Waals surface area (Å²) in [6, 6.07) is 9.12. The summed E-state index contributed by atoms with van der Waals surface area (Å²) in [6.07, 6.45) is 2.59. The maximum Gasteiger partial charge on any atom is 0.283 e. The Labute approximate surface area is 183 Å². The van der Waals surface area contributed by atoms with E-state index in [2.05, 4.69) is 25.7 Å². The lowest BCUT2D eigenvalue weighted by Gasteiger charge is -2.07. The average Bonchev–Trinajstić information content (AvgIpc) is 3.21. The zero-order valence-electron chi connectivity index (χ0n) is 14.9. The Morgan fingerprint density at radius 2 is 2.17 bits per heavy atom. The molecule has 3 rings (SSSR count). The normalized spacial score (nSPS) is 10.9. The van der Waals surface area contributed by atoms with Crippen molar-refractivity contribution in [3.63, 3.8) is 0 Å². The Morgan fingerprint density at radius 1 is 1.33 bits per heavy atom. The molecule has 0 spiro atoms. The van der Waals surface area contributed by atoms with Crippen LogP contribution in [0, 0.1) is 10.1 Å². The third-order valence-corrected chi connectivity index (χ3v) is 4.92. The second-order valence-electron chi connectivity index (χ2n) is 5.53. The van der Waals surface area contributed by atoms with Crippen LogP contribution in [0.3, 0.4) is 0 Å². The van der Waals surface area contributed by atoms with Gasteiger partial charge in [-0.3, -0.25) is 20.0 Å². The van der Waals surface area contributed by atoms with Gasteiger partial charge in [0.2, 0.25) is 0 Å². The molecule has 2 aromatic carbocycles. The molecular formula is C17H12Cl2N6O4S. The second kappa shape index (κ2) is 10.1. The number of benzene rings is 2. The van der Waals surface area contributed by atoms with Crippen LogP contribution in [0.1, 0.15) is 5.56 Å². The molecule has 0 aliphatic carbocycles. The predicted molar refractivity (Wildman–Crippen MR) is 111 cm³/mol. The Kier molecular flexibility index (Phi) is 7.22. The van der Waals surface area contributed by atoms with E-state index in [4.69, 9.17) is 27.9 Å². The van der Waals surface area contributed by atoms with Crippen LogP contribution in [0.15, 0.2) is 57.9 Å². The van der Waals surface area contributed by atoms with Crippen molar-refractivity contribution in [3.05, 3.63) is 68.4 Å². The molecule has 0 radical (unpaired) electrons. The van der Waals surface area contributed by atoms with Crippen molar-refractivity contribution in [1.82, 2.24) is 20.6 Å². The molecule has 0 saturated heterocycles. The third-order valence-electron chi connectivity index (χ3n) is 3.43. The highest BCUT2D eigenvalue weighted by Crippen LogP contribution is 2.33. The Bertz CT molecular complexity index is 1090. The first-order chi connectivity index (χ1) is 14.4. The molecule has 10 nitrogen and oxygen atoms in total. The van der Waals surface area contributed by atoms with Crippen LogP contribution in [-0.2, 0) is 4.79 Å². The number of aromatic amines is 1. The van der Waals surface area contributed by atoms with E-state index in [9.17, 15) is 14.9 Å². The molecule has 3 aromatic rings. The van der Waals surface area contributed by atoms with Gasteiger partial charge in [-0.25, -0.2) is 10.4 Å². The van der Waals surface area contributed by atoms with Crippen LogP contribution in [0.2, 0.25) is 10.0 Å².